The van der Waals surface area contributed by atoms with Crippen LogP contribution in [-0.2, 0) is 0 Å². The minimum absolute atomic E-state index is 0.458. The summed E-state index contributed by atoms with van der Waals surface area (Å²) in [6.07, 6.45) is 2.44. The lowest BCUT2D eigenvalue weighted by molar-refractivity contribution is 0.315. The summed E-state index contributed by atoms with van der Waals surface area (Å²) < 4.78 is 0. The second-order valence-electron chi connectivity index (χ2n) is 3.12. The Hall–Kier alpha value is -0.680. The highest BCUT2D eigenvalue weighted by Crippen LogP contribution is 2.32. The van der Waals surface area contributed by atoms with Gasteiger partial charge in [0, 0.05) is 0 Å². The maximum Gasteiger partial charge on any atom is 0.203 e. The first-order valence-corrected chi connectivity index (χ1v) is 4.88. The molecule has 66 valence electrons. The van der Waals surface area contributed by atoms with Gasteiger partial charge in [0.15, 0.2) is 0 Å². The van der Waals surface area contributed by atoms with Crippen LogP contribution in [-0.4, -0.2) is 28.7 Å². The molecule has 1 aromatic heterocycles. The lowest BCUT2D eigenvalue weighted by Gasteiger charge is -2.15. The van der Waals surface area contributed by atoms with Gasteiger partial charge < -0.3 is 5.73 Å². The fraction of sp³-hybridized carbons (Fsp3) is 0.714. The molecule has 1 aromatic rings. The standard InChI is InChI=1S/C7H12N4S/c1-11-4-2-3-5(11)6-9-10-7(8)12-6/h5H,2-4H2,1H3,(H2,8,10)/t5-/m1/s1. The zero-order valence-electron chi connectivity index (χ0n) is 7.03. The molecule has 12 heavy (non-hydrogen) atoms. The van der Waals surface area contributed by atoms with E-state index in [2.05, 4.69) is 22.1 Å². The van der Waals surface area contributed by atoms with E-state index in [-0.39, 0.29) is 0 Å². The largest absolute Gasteiger partial charge is 0.374 e. The normalized spacial score (nSPS) is 24.9. The van der Waals surface area contributed by atoms with Crippen molar-refractivity contribution in [3.63, 3.8) is 0 Å². The summed E-state index contributed by atoms with van der Waals surface area (Å²) in [6, 6.07) is 0.458. The van der Waals surface area contributed by atoms with Crippen LogP contribution in [0.5, 0.6) is 0 Å². The quantitative estimate of drug-likeness (QED) is 0.704. The third-order valence-corrected chi connectivity index (χ3v) is 3.12. The minimum atomic E-state index is 0.458. The zero-order chi connectivity index (χ0) is 8.55. The Balaban J connectivity index is 2.19. The van der Waals surface area contributed by atoms with Crippen molar-refractivity contribution in [1.82, 2.24) is 15.1 Å². The van der Waals surface area contributed by atoms with Gasteiger partial charge in [-0.25, -0.2) is 0 Å². The molecule has 1 fully saturated rings. The van der Waals surface area contributed by atoms with Crippen molar-refractivity contribution >= 4 is 16.5 Å². The van der Waals surface area contributed by atoms with Gasteiger partial charge in [0.2, 0.25) is 5.13 Å². The van der Waals surface area contributed by atoms with Gasteiger partial charge in [0.05, 0.1) is 6.04 Å². The average Bonchev–Trinajstić information content (AvgIpc) is 2.58. The van der Waals surface area contributed by atoms with E-state index >= 15 is 0 Å². The fourth-order valence-corrected chi connectivity index (χ4v) is 2.41. The summed E-state index contributed by atoms with van der Waals surface area (Å²) in [6.45, 7) is 1.16. The molecular weight excluding hydrogens is 172 g/mol. The van der Waals surface area contributed by atoms with Crippen molar-refractivity contribution < 1.29 is 0 Å². The number of likely N-dealkylation sites (tertiary alicyclic amines) is 1. The van der Waals surface area contributed by atoms with Crippen molar-refractivity contribution in [2.75, 3.05) is 19.3 Å². The van der Waals surface area contributed by atoms with Gasteiger partial charge in [-0.1, -0.05) is 11.3 Å². The van der Waals surface area contributed by atoms with Crippen molar-refractivity contribution in [3.8, 4) is 0 Å². The summed E-state index contributed by atoms with van der Waals surface area (Å²) in [7, 11) is 2.12. The van der Waals surface area contributed by atoms with E-state index in [4.69, 9.17) is 5.73 Å². The molecule has 2 rings (SSSR count). The summed E-state index contributed by atoms with van der Waals surface area (Å²) in [4.78, 5) is 2.31. The number of hydrogen-bond acceptors (Lipinski definition) is 5. The highest BCUT2D eigenvalue weighted by atomic mass is 32.1. The Morgan fingerprint density at radius 1 is 1.58 bits per heavy atom. The predicted octanol–water partition coefficient (Wildman–Crippen LogP) is 0.887. The molecule has 0 aliphatic carbocycles. The number of aromatic nitrogens is 2. The third kappa shape index (κ3) is 1.30. The summed E-state index contributed by atoms with van der Waals surface area (Å²) in [5, 5.41) is 9.50. The van der Waals surface area contributed by atoms with E-state index in [1.165, 1.54) is 24.2 Å². The first-order valence-electron chi connectivity index (χ1n) is 4.06. The number of nitrogens with two attached hydrogens (primary N) is 1. The van der Waals surface area contributed by atoms with Crippen LogP contribution in [0.1, 0.15) is 23.9 Å². The first-order chi connectivity index (χ1) is 5.77. The van der Waals surface area contributed by atoms with Crippen LogP contribution >= 0.6 is 11.3 Å². The molecule has 2 heterocycles. The van der Waals surface area contributed by atoms with Crippen LogP contribution in [0.4, 0.5) is 5.13 Å². The van der Waals surface area contributed by atoms with Crippen LogP contribution < -0.4 is 5.73 Å². The second kappa shape index (κ2) is 2.99. The molecule has 0 aromatic carbocycles. The number of nitrogens with zero attached hydrogens (tertiary/aromatic N) is 3. The number of rotatable bonds is 1. The molecule has 5 heteroatoms. The Labute approximate surface area is 75.4 Å². The van der Waals surface area contributed by atoms with Gasteiger partial charge >= 0.3 is 0 Å². The molecule has 0 unspecified atom stereocenters. The lowest BCUT2D eigenvalue weighted by atomic mass is 10.2. The van der Waals surface area contributed by atoms with Gasteiger partial charge in [0.25, 0.3) is 0 Å². The molecule has 0 spiro atoms. The molecule has 1 aliphatic heterocycles. The predicted molar refractivity (Wildman–Crippen MR) is 48.9 cm³/mol. The van der Waals surface area contributed by atoms with E-state index in [1.54, 1.807) is 0 Å². The van der Waals surface area contributed by atoms with Crippen LogP contribution in [0.25, 0.3) is 0 Å². The smallest absolute Gasteiger partial charge is 0.203 e. The molecule has 2 N–H and O–H groups in total. The molecule has 0 saturated carbocycles. The highest BCUT2D eigenvalue weighted by molar-refractivity contribution is 7.15. The number of hydrogen-bond donors (Lipinski definition) is 1. The lowest BCUT2D eigenvalue weighted by Crippen LogP contribution is -2.17. The summed E-state index contributed by atoms with van der Waals surface area (Å²) in [5.74, 6) is 0. The highest BCUT2D eigenvalue weighted by Gasteiger charge is 2.25. The number of nitrogen functional groups attached to an aromatic ring is 1. The molecule has 0 bridgehead atoms. The topological polar surface area (TPSA) is 55.0 Å². The van der Waals surface area contributed by atoms with Crippen LogP contribution in [0.3, 0.4) is 0 Å². The van der Waals surface area contributed by atoms with Gasteiger partial charge in [-0.2, -0.15) is 0 Å². The zero-order valence-corrected chi connectivity index (χ0v) is 7.84. The average molecular weight is 184 g/mol. The molecule has 0 radical (unpaired) electrons. The molecule has 1 aliphatic rings. The van der Waals surface area contributed by atoms with Gasteiger partial charge in [-0.05, 0) is 26.4 Å². The van der Waals surface area contributed by atoms with Crippen molar-refractivity contribution in [3.05, 3.63) is 5.01 Å². The van der Waals surface area contributed by atoms with E-state index in [0.29, 0.717) is 11.2 Å². The maximum absolute atomic E-state index is 5.52. The van der Waals surface area contributed by atoms with Crippen molar-refractivity contribution in [2.24, 2.45) is 0 Å². The van der Waals surface area contributed by atoms with E-state index in [9.17, 15) is 0 Å². The van der Waals surface area contributed by atoms with Gasteiger partial charge in [-0.3, -0.25) is 4.90 Å². The maximum atomic E-state index is 5.52. The first kappa shape index (κ1) is 7.94. The van der Waals surface area contributed by atoms with Crippen LogP contribution in [0.2, 0.25) is 0 Å². The Bertz CT molecular complexity index is 272. The van der Waals surface area contributed by atoms with E-state index in [1.807, 2.05) is 0 Å². The molecule has 1 atom stereocenters. The molecular formula is C7H12N4S. The summed E-state index contributed by atoms with van der Waals surface area (Å²) >= 11 is 1.50. The van der Waals surface area contributed by atoms with Crippen LogP contribution in [0, 0.1) is 0 Å². The van der Waals surface area contributed by atoms with E-state index in [0.717, 1.165) is 11.6 Å². The molecule has 1 saturated heterocycles. The summed E-state index contributed by atoms with van der Waals surface area (Å²) in [5.41, 5.74) is 5.52. The fourth-order valence-electron chi connectivity index (χ4n) is 1.60. The van der Waals surface area contributed by atoms with Crippen molar-refractivity contribution in [2.45, 2.75) is 18.9 Å². The van der Waals surface area contributed by atoms with E-state index < -0.39 is 0 Å². The SMILES string of the molecule is CN1CCC[C@@H]1c1nnc(N)s1. The van der Waals surface area contributed by atoms with Crippen LogP contribution in [0.15, 0.2) is 0 Å². The molecule has 4 nitrogen and oxygen atoms in total. The van der Waals surface area contributed by atoms with Gasteiger partial charge in [-0.15, -0.1) is 10.2 Å². The third-order valence-electron chi connectivity index (χ3n) is 2.26. The monoisotopic (exact) mass is 184 g/mol. The van der Waals surface area contributed by atoms with Gasteiger partial charge in [0.1, 0.15) is 5.01 Å². The minimum Gasteiger partial charge on any atom is -0.374 e. The Morgan fingerprint density at radius 2 is 2.42 bits per heavy atom. The Morgan fingerprint density at radius 3 is 2.92 bits per heavy atom. The number of anilines is 1. The van der Waals surface area contributed by atoms with Crippen molar-refractivity contribution in [1.29, 1.82) is 0 Å². The molecule has 0 amide bonds. The Kier molecular flexibility index (Phi) is 1.98. The second-order valence-corrected chi connectivity index (χ2v) is 4.16.